The Morgan fingerprint density at radius 1 is 1.56 bits per heavy atom. The number of ether oxygens (including phenoxy) is 1. The molecule has 4 heteroatoms. The van der Waals surface area contributed by atoms with Gasteiger partial charge in [-0.2, -0.15) is 5.26 Å². The number of benzene rings is 1. The van der Waals surface area contributed by atoms with Crippen LogP contribution in [0.5, 0.6) is 5.75 Å². The Balaban J connectivity index is 2.09. The van der Waals surface area contributed by atoms with Crippen LogP contribution in [0.3, 0.4) is 0 Å². The zero-order chi connectivity index (χ0) is 11.6. The highest BCUT2D eigenvalue weighted by Crippen LogP contribution is 2.45. The molecule has 1 aliphatic carbocycles. The minimum atomic E-state index is -0.173. The largest absolute Gasteiger partial charge is 0.495 e. The maximum absolute atomic E-state index is 8.97. The van der Waals surface area contributed by atoms with E-state index in [9.17, 15) is 0 Å². The zero-order valence-electron chi connectivity index (χ0n) is 9.09. The van der Waals surface area contributed by atoms with Crippen LogP contribution < -0.4 is 10.1 Å². The molecule has 0 aromatic heterocycles. The number of hydrogen-bond acceptors (Lipinski definition) is 3. The highest BCUT2D eigenvalue weighted by molar-refractivity contribution is 6.30. The Kier molecular flexibility index (Phi) is 2.93. The van der Waals surface area contributed by atoms with Gasteiger partial charge >= 0.3 is 0 Å². The molecule has 1 saturated carbocycles. The number of anilines is 1. The minimum Gasteiger partial charge on any atom is -0.495 e. The molecule has 0 aliphatic heterocycles. The molecule has 0 atom stereocenters. The highest BCUT2D eigenvalue weighted by Gasteiger charge is 2.42. The lowest BCUT2D eigenvalue weighted by Gasteiger charge is -2.13. The number of nitrogens with one attached hydrogen (secondary N) is 1. The molecule has 84 valence electrons. The monoisotopic (exact) mass is 236 g/mol. The van der Waals surface area contributed by atoms with E-state index in [2.05, 4.69) is 11.4 Å². The van der Waals surface area contributed by atoms with Crippen molar-refractivity contribution < 1.29 is 4.74 Å². The summed E-state index contributed by atoms with van der Waals surface area (Å²) in [6.07, 6.45) is 1.94. The summed E-state index contributed by atoms with van der Waals surface area (Å²) >= 11 is 5.91. The Labute approximate surface area is 100.0 Å². The van der Waals surface area contributed by atoms with E-state index in [-0.39, 0.29) is 5.41 Å². The highest BCUT2D eigenvalue weighted by atomic mass is 35.5. The first-order chi connectivity index (χ1) is 7.69. The van der Waals surface area contributed by atoms with Crippen molar-refractivity contribution in [3.8, 4) is 11.8 Å². The molecule has 1 aromatic carbocycles. The van der Waals surface area contributed by atoms with Gasteiger partial charge in [0.2, 0.25) is 0 Å². The van der Waals surface area contributed by atoms with E-state index in [1.807, 2.05) is 12.1 Å². The third-order valence-electron chi connectivity index (χ3n) is 2.87. The minimum absolute atomic E-state index is 0.173. The lowest BCUT2D eigenvalue weighted by Crippen LogP contribution is -2.13. The number of halogens is 1. The molecule has 0 amide bonds. The molecule has 1 aliphatic rings. The van der Waals surface area contributed by atoms with Crippen LogP contribution in [-0.2, 0) is 0 Å². The van der Waals surface area contributed by atoms with E-state index in [1.54, 1.807) is 13.2 Å². The van der Waals surface area contributed by atoms with Crippen LogP contribution >= 0.6 is 11.6 Å². The second kappa shape index (κ2) is 4.23. The Hall–Kier alpha value is -1.40. The summed E-state index contributed by atoms with van der Waals surface area (Å²) in [7, 11) is 1.62. The van der Waals surface area contributed by atoms with E-state index in [4.69, 9.17) is 21.6 Å². The van der Waals surface area contributed by atoms with E-state index in [0.29, 0.717) is 11.6 Å². The predicted molar refractivity (Wildman–Crippen MR) is 63.8 cm³/mol. The molecule has 0 unspecified atom stereocenters. The van der Waals surface area contributed by atoms with Crippen LogP contribution in [0, 0.1) is 16.7 Å². The van der Waals surface area contributed by atoms with Crippen LogP contribution in [0.1, 0.15) is 12.8 Å². The van der Waals surface area contributed by atoms with Crippen LogP contribution in [-0.4, -0.2) is 13.7 Å². The first-order valence-electron chi connectivity index (χ1n) is 5.18. The maximum Gasteiger partial charge on any atom is 0.142 e. The Morgan fingerprint density at radius 3 is 2.88 bits per heavy atom. The van der Waals surface area contributed by atoms with Crippen LogP contribution in [0.15, 0.2) is 18.2 Å². The molecule has 3 nitrogen and oxygen atoms in total. The van der Waals surface area contributed by atoms with Crippen LogP contribution in [0.25, 0.3) is 0 Å². The average molecular weight is 237 g/mol. The molecule has 1 N–H and O–H groups in total. The molecular weight excluding hydrogens is 224 g/mol. The van der Waals surface area contributed by atoms with Gasteiger partial charge in [-0.05, 0) is 31.0 Å². The van der Waals surface area contributed by atoms with Gasteiger partial charge in [0.1, 0.15) is 5.75 Å². The average Bonchev–Trinajstić information content (AvgIpc) is 3.07. The van der Waals surface area contributed by atoms with E-state index in [0.717, 1.165) is 24.3 Å². The quantitative estimate of drug-likeness (QED) is 0.874. The maximum atomic E-state index is 8.97. The van der Waals surface area contributed by atoms with E-state index < -0.39 is 0 Å². The first-order valence-corrected chi connectivity index (χ1v) is 5.56. The van der Waals surface area contributed by atoms with Crippen molar-refractivity contribution in [3.05, 3.63) is 23.2 Å². The van der Waals surface area contributed by atoms with Crippen LogP contribution in [0.2, 0.25) is 5.02 Å². The molecule has 16 heavy (non-hydrogen) atoms. The van der Waals surface area contributed by atoms with E-state index in [1.165, 1.54) is 0 Å². The fraction of sp³-hybridized carbons (Fsp3) is 0.417. The van der Waals surface area contributed by atoms with Crippen molar-refractivity contribution in [2.24, 2.45) is 5.41 Å². The summed E-state index contributed by atoms with van der Waals surface area (Å²) in [4.78, 5) is 0. The van der Waals surface area contributed by atoms with Crippen LogP contribution in [0.4, 0.5) is 5.69 Å². The SMILES string of the molecule is COc1ccc(Cl)cc1NCC1(C#N)CC1. The normalized spacial score (nSPS) is 16.3. The smallest absolute Gasteiger partial charge is 0.142 e. The number of methoxy groups -OCH3 is 1. The van der Waals surface area contributed by atoms with E-state index >= 15 is 0 Å². The van der Waals surface area contributed by atoms with Gasteiger partial charge in [-0.1, -0.05) is 11.6 Å². The summed E-state index contributed by atoms with van der Waals surface area (Å²) < 4.78 is 5.22. The topological polar surface area (TPSA) is 45.0 Å². The third-order valence-corrected chi connectivity index (χ3v) is 3.10. The molecule has 2 rings (SSSR count). The number of nitrogens with zero attached hydrogens (tertiary/aromatic N) is 1. The molecule has 0 bridgehead atoms. The van der Waals surface area contributed by atoms with Crippen molar-refractivity contribution in [1.82, 2.24) is 0 Å². The van der Waals surface area contributed by atoms with Gasteiger partial charge in [0.25, 0.3) is 0 Å². The summed E-state index contributed by atoms with van der Waals surface area (Å²) in [5, 5.41) is 12.9. The second-order valence-corrected chi connectivity index (χ2v) is 4.53. The second-order valence-electron chi connectivity index (χ2n) is 4.09. The number of hydrogen-bond donors (Lipinski definition) is 1. The first kappa shape index (κ1) is 11.1. The van der Waals surface area contributed by atoms with Gasteiger partial charge in [-0.15, -0.1) is 0 Å². The summed E-state index contributed by atoms with van der Waals surface area (Å²) in [6, 6.07) is 7.75. The predicted octanol–water partition coefficient (Wildman–Crippen LogP) is 3.06. The molecule has 0 saturated heterocycles. The molecule has 0 radical (unpaired) electrons. The van der Waals surface area contributed by atoms with Crippen molar-refractivity contribution in [2.45, 2.75) is 12.8 Å². The summed E-state index contributed by atoms with van der Waals surface area (Å²) in [5.74, 6) is 0.748. The van der Waals surface area contributed by atoms with Gasteiger partial charge in [-0.3, -0.25) is 0 Å². The lowest BCUT2D eigenvalue weighted by molar-refractivity contribution is 0.416. The third kappa shape index (κ3) is 2.23. The number of rotatable bonds is 4. The number of nitriles is 1. The lowest BCUT2D eigenvalue weighted by atomic mass is 10.1. The molecular formula is C12H13ClN2O. The fourth-order valence-electron chi connectivity index (χ4n) is 1.56. The van der Waals surface area contributed by atoms with Gasteiger partial charge in [0.15, 0.2) is 0 Å². The van der Waals surface area contributed by atoms with Gasteiger partial charge in [0.05, 0.1) is 24.3 Å². The molecule has 1 fully saturated rings. The van der Waals surface area contributed by atoms with Gasteiger partial charge in [0, 0.05) is 11.6 Å². The molecule has 0 heterocycles. The van der Waals surface area contributed by atoms with Crippen molar-refractivity contribution in [3.63, 3.8) is 0 Å². The fourth-order valence-corrected chi connectivity index (χ4v) is 1.73. The molecule has 0 spiro atoms. The summed E-state index contributed by atoms with van der Waals surface area (Å²) in [5.41, 5.74) is 0.671. The van der Waals surface area contributed by atoms with Gasteiger partial charge < -0.3 is 10.1 Å². The molecule has 1 aromatic rings. The zero-order valence-corrected chi connectivity index (χ0v) is 9.84. The standard InChI is InChI=1S/C12H13ClN2O/c1-16-11-3-2-9(13)6-10(11)15-8-12(7-14)4-5-12/h2-3,6,15H,4-5,8H2,1H3. The Bertz CT molecular complexity index is 435. The van der Waals surface area contributed by atoms with Crippen molar-refractivity contribution in [2.75, 3.05) is 19.0 Å². The summed E-state index contributed by atoms with van der Waals surface area (Å²) in [6.45, 7) is 0.653. The van der Waals surface area contributed by atoms with Crippen molar-refractivity contribution in [1.29, 1.82) is 5.26 Å². The van der Waals surface area contributed by atoms with Crippen molar-refractivity contribution >= 4 is 17.3 Å². The Morgan fingerprint density at radius 2 is 2.31 bits per heavy atom. The van der Waals surface area contributed by atoms with Gasteiger partial charge in [-0.25, -0.2) is 0 Å².